The van der Waals surface area contributed by atoms with E-state index in [2.05, 4.69) is 10.2 Å². The van der Waals surface area contributed by atoms with E-state index >= 15 is 0 Å². The summed E-state index contributed by atoms with van der Waals surface area (Å²) in [5, 5.41) is 3.22. The van der Waals surface area contributed by atoms with Crippen LogP contribution in [0.5, 0.6) is 5.75 Å². The molecule has 1 N–H and O–H groups in total. The van der Waals surface area contributed by atoms with Crippen molar-refractivity contribution >= 4 is 0 Å². The van der Waals surface area contributed by atoms with Crippen molar-refractivity contribution in [3.63, 3.8) is 0 Å². The summed E-state index contributed by atoms with van der Waals surface area (Å²) in [7, 11) is 2.00. The maximum absolute atomic E-state index is 12.7. The number of benzene rings is 1. The molecule has 0 radical (unpaired) electrons. The molecule has 4 heteroatoms. The molecular weight excluding hydrogens is 231 g/mol. The summed E-state index contributed by atoms with van der Waals surface area (Å²) in [6, 6.07) is 6.19. The van der Waals surface area contributed by atoms with Gasteiger partial charge in [-0.2, -0.15) is 0 Å². The Labute approximate surface area is 108 Å². The number of nitrogens with one attached hydrogen (secondary N) is 1. The van der Waals surface area contributed by atoms with Crippen molar-refractivity contribution in [1.82, 2.24) is 10.2 Å². The van der Waals surface area contributed by atoms with E-state index in [0.29, 0.717) is 6.61 Å². The lowest BCUT2D eigenvalue weighted by atomic mass is 10.1. The van der Waals surface area contributed by atoms with E-state index < -0.39 is 0 Å². The van der Waals surface area contributed by atoms with Gasteiger partial charge >= 0.3 is 0 Å². The number of likely N-dealkylation sites (tertiary alicyclic amines) is 1. The summed E-state index contributed by atoms with van der Waals surface area (Å²) in [5.74, 6) is 1.28. The quantitative estimate of drug-likeness (QED) is 0.834. The molecule has 1 fully saturated rings. The molecular formula is C14H21FN2O. The van der Waals surface area contributed by atoms with Crippen molar-refractivity contribution in [2.75, 3.05) is 39.8 Å². The zero-order chi connectivity index (χ0) is 12.8. The van der Waals surface area contributed by atoms with Gasteiger partial charge in [-0.15, -0.1) is 0 Å². The van der Waals surface area contributed by atoms with Crippen LogP contribution < -0.4 is 10.1 Å². The van der Waals surface area contributed by atoms with Crippen molar-refractivity contribution in [3.05, 3.63) is 30.1 Å². The van der Waals surface area contributed by atoms with E-state index in [-0.39, 0.29) is 5.82 Å². The number of halogens is 1. The standard InChI is InChI=1S/C14H21FN2O/c1-16-10-12-6-7-17(11-12)8-9-18-14-4-2-13(15)3-5-14/h2-5,12,16H,6-11H2,1H3. The van der Waals surface area contributed by atoms with Crippen molar-refractivity contribution in [3.8, 4) is 5.75 Å². The summed E-state index contributed by atoms with van der Waals surface area (Å²) >= 11 is 0. The van der Waals surface area contributed by atoms with Crippen LogP contribution >= 0.6 is 0 Å². The third kappa shape index (κ3) is 3.96. The molecule has 0 bridgehead atoms. The second-order valence-electron chi connectivity index (χ2n) is 4.82. The second kappa shape index (κ2) is 6.71. The summed E-state index contributed by atoms with van der Waals surface area (Å²) in [5.41, 5.74) is 0. The topological polar surface area (TPSA) is 24.5 Å². The first-order chi connectivity index (χ1) is 8.78. The van der Waals surface area contributed by atoms with Crippen LogP contribution in [-0.2, 0) is 0 Å². The normalized spacial score (nSPS) is 20.2. The highest BCUT2D eigenvalue weighted by Gasteiger charge is 2.21. The Morgan fingerprint density at radius 1 is 1.39 bits per heavy atom. The maximum atomic E-state index is 12.7. The first-order valence-electron chi connectivity index (χ1n) is 6.53. The minimum atomic E-state index is -0.225. The van der Waals surface area contributed by atoms with E-state index in [9.17, 15) is 4.39 Å². The molecule has 18 heavy (non-hydrogen) atoms. The monoisotopic (exact) mass is 252 g/mol. The van der Waals surface area contributed by atoms with Crippen LogP contribution in [0.4, 0.5) is 4.39 Å². The fourth-order valence-electron chi connectivity index (χ4n) is 2.39. The minimum Gasteiger partial charge on any atom is -0.492 e. The van der Waals surface area contributed by atoms with E-state index in [4.69, 9.17) is 4.74 Å². The van der Waals surface area contributed by atoms with E-state index in [1.54, 1.807) is 12.1 Å². The molecule has 1 unspecified atom stereocenters. The predicted molar refractivity (Wildman–Crippen MR) is 70.4 cm³/mol. The van der Waals surface area contributed by atoms with Crippen LogP contribution in [0.2, 0.25) is 0 Å². The molecule has 100 valence electrons. The van der Waals surface area contributed by atoms with Crippen LogP contribution in [-0.4, -0.2) is 44.7 Å². The molecule has 0 aromatic heterocycles. The van der Waals surface area contributed by atoms with Crippen molar-refractivity contribution in [1.29, 1.82) is 0 Å². The second-order valence-corrected chi connectivity index (χ2v) is 4.82. The highest BCUT2D eigenvalue weighted by molar-refractivity contribution is 5.21. The Morgan fingerprint density at radius 2 is 2.17 bits per heavy atom. The Bertz CT molecular complexity index is 355. The van der Waals surface area contributed by atoms with Crippen molar-refractivity contribution in [2.24, 2.45) is 5.92 Å². The third-order valence-electron chi connectivity index (χ3n) is 3.35. The molecule has 3 nitrogen and oxygen atoms in total. The number of nitrogens with zero attached hydrogens (tertiary/aromatic N) is 1. The summed E-state index contributed by atoms with van der Waals surface area (Å²) in [6.45, 7) is 5.00. The predicted octanol–water partition coefficient (Wildman–Crippen LogP) is 1.75. The number of ether oxygens (including phenoxy) is 1. The van der Waals surface area contributed by atoms with Gasteiger partial charge in [-0.05, 0) is 56.7 Å². The lowest BCUT2D eigenvalue weighted by Crippen LogP contribution is -2.28. The van der Waals surface area contributed by atoms with Gasteiger partial charge in [-0.1, -0.05) is 0 Å². The number of rotatable bonds is 6. The molecule has 2 rings (SSSR count). The maximum Gasteiger partial charge on any atom is 0.123 e. The Hall–Kier alpha value is -1.13. The van der Waals surface area contributed by atoms with Gasteiger partial charge in [0.25, 0.3) is 0 Å². The Kier molecular flexibility index (Phi) is 4.96. The smallest absolute Gasteiger partial charge is 0.123 e. The van der Waals surface area contributed by atoms with Gasteiger partial charge in [-0.25, -0.2) is 4.39 Å². The van der Waals surface area contributed by atoms with Gasteiger partial charge in [0.05, 0.1) is 0 Å². The Morgan fingerprint density at radius 3 is 2.89 bits per heavy atom. The molecule has 1 aromatic carbocycles. The molecule has 1 saturated heterocycles. The fourth-order valence-corrected chi connectivity index (χ4v) is 2.39. The highest BCUT2D eigenvalue weighted by atomic mass is 19.1. The largest absolute Gasteiger partial charge is 0.492 e. The summed E-state index contributed by atoms with van der Waals surface area (Å²) in [4.78, 5) is 2.42. The molecule has 1 aromatic rings. The molecule has 1 aliphatic rings. The SMILES string of the molecule is CNCC1CCN(CCOc2ccc(F)cc2)C1. The van der Waals surface area contributed by atoms with Gasteiger partial charge in [0, 0.05) is 13.1 Å². The lowest BCUT2D eigenvalue weighted by Gasteiger charge is -2.16. The van der Waals surface area contributed by atoms with E-state index in [1.807, 2.05) is 7.05 Å². The average molecular weight is 252 g/mol. The van der Waals surface area contributed by atoms with Crippen LogP contribution in [0.1, 0.15) is 6.42 Å². The number of hydrogen-bond donors (Lipinski definition) is 1. The molecule has 0 saturated carbocycles. The zero-order valence-corrected chi connectivity index (χ0v) is 10.9. The molecule has 1 aliphatic heterocycles. The number of hydrogen-bond acceptors (Lipinski definition) is 3. The van der Waals surface area contributed by atoms with Crippen molar-refractivity contribution in [2.45, 2.75) is 6.42 Å². The van der Waals surface area contributed by atoms with Crippen LogP contribution in [0.25, 0.3) is 0 Å². The van der Waals surface area contributed by atoms with Gasteiger partial charge in [-0.3, -0.25) is 4.90 Å². The molecule has 0 spiro atoms. The zero-order valence-electron chi connectivity index (χ0n) is 10.9. The van der Waals surface area contributed by atoms with Gasteiger partial charge in [0.1, 0.15) is 18.2 Å². The van der Waals surface area contributed by atoms with Crippen LogP contribution in [0.15, 0.2) is 24.3 Å². The first kappa shape index (κ1) is 13.3. The fraction of sp³-hybridized carbons (Fsp3) is 0.571. The third-order valence-corrected chi connectivity index (χ3v) is 3.35. The van der Waals surface area contributed by atoms with Gasteiger partial charge in [0.15, 0.2) is 0 Å². The molecule has 0 aliphatic carbocycles. The first-order valence-corrected chi connectivity index (χ1v) is 6.53. The molecule has 1 atom stereocenters. The minimum absolute atomic E-state index is 0.225. The lowest BCUT2D eigenvalue weighted by molar-refractivity contribution is 0.232. The summed E-state index contributed by atoms with van der Waals surface area (Å²) in [6.07, 6.45) is 1.26. The van der Waals surface area contributed by atoms with Gasteiger partial charge in [0.2, 0.25) is 0 Å². The average Bonchev–Trinajstić information content (AvgIpc) is 2.80. The molecule has 0 amide bonds. The Balaban J connectivity index is 1.65. The molecule has 1 heterocycles. The van der Waals surface area contributed by atoms with Crippen LogP contribution in [0, 0.1) is 11.7 Å². The van der Waals surface area contributed by atoms with E-state index in [1.165, 1.54) is 18.6 Å². The van der Waals surface area contributed by atoms with Crippen LogP contribution in [0.3, 0.4) is 0 Å². The van der Waals surface area contributed by atoms with E-state index in [0.717, 1.165) is 37.8 Å². The summed E-state index contributed by atoms with van der Waals surface area (Å²) < 4.78 is 18.3. The highest BCUT2D eigenvalue weighted by Crippen LogP contribution is 2.15. The van der Waals surface area contributed by atoms with Crippen molar-refractivity contribution < 1.29 is 9.13 Å². The van der Waals surface area contributed by atoms with Gasteiger partial charge < -0.3 is 10.1 Å².